The predicted molar refractivity (Wildman–Crippen MR) is 79.2 cm³/mol. The molecule has 19 heavy (non-hydrogen) atoms. The van der Waals surface area contributed by atoms with Crippen molar-refractivity contribution in [2.45, 2.75) is 43.0 Å². The molecule has 0 saturated heterocycles. The Labute approximate surface area is 118 Å². The fourth-order valence-corrected chi connectivity index (χ4v) is 2.94. The first kappa shape index (κ1) is 14.3. The topological polar surface area (TPSA) is 68.0 Å². The lowest BCUT2D eigenvalue weighted by molar-refractivity contribution is -0.122. The molecule has 0 aromatic carbocycles. The number of nitrogens with one attached hydrogen (secondary N) is 1. The van der Waals surface area contributed by atoms with Crippen LogP contribution in [0.15, 0.2) is 23.2 Å². The number of hydrogen-bond donors (Lipinski definition) is 2. The van der Waals surface area contributed by atoms with Gasteiger partial charge in [0.05, 0.1) is 5.92 Å². The molecule has 1 heterocycles. The van der Waals surface area contributed by atoms with Gasteiger partial charge in [-0.05, 0) is 38.2 Å². The summed E-state index contributed by atoms with van der Waals surface area (Å²) in [6.07, 6.45) is 7.72. The average Bonchev–Trinajstić information content (AvgIpc) is 2.39. The summed E-state index contributed by atoms with van der Waals surface area (Å²) in [7, 11) is 0. The van der Waals surface area contributed by atoms with Crippen molar-refractivity contribution in [1.82, 2.24) is 4.98 Å². The van der Waals surface area contributed by atoms with Crippen LogP contribution in [0.3, 0.4) is 0 Å². The van der Waals surface area contributed by atoms with E-state index in [4.69, 9.17) is 5.73 Å². The molecule has 3 N–H and O–H groups in total. The maximum Gasteiger partial charge on any atom is 0.230 e. The van der Waals surface area contributed by atoms with Gasteiger partial charge in [0, 0.05) is 16.6 Å². The molecule has 1 aromatic heterocycles. The third kappa shape index (κ3) is 3.48. The van der Waals surface area contributed by atoms with Gasteiger partial charge in [-0.3, -0.25) is 4.79 Å². The number of anilines is 1. The molecular weight excluding hydrogens is 258 g/mol. The van der Waals surface area contributed by atoms with Crippen molar-refractivity contribution in [2.24, 2.45) is 11.7 Å². The van der Waals surface area contributed by atoms with Gasteiger partial charge in [-0.15, -0.1) is 11.8 Å². The van der Waals surface area contributed by atoms with E-state index in [0.29, 0.717) is 5.82 Å². The molecule has 2 unspecified atom stereocenters. The van der Waals surface area contributed by atoms with Crippen LogP contribution in [0, 0.1) is 5.92 Å². The minimum absolute atomic E-state index is 0.00546. The van der Waals surface area contributed by atoms with Crippen LogP contribution in [0.2, 0.25) is 0 Å². The van der Waals surface area contributed by atoms with Crippen LogP contribution >= 0.6 is 11.8 Å². The number of amides is 1. The van der Waals surface area contributed by atoms with Crippen LogP contribution < -0.4 is 11.1 Å². The first-order valence-corrected chi connectivity index (χ1v) is 7.85. The number of carbonyl (C=O) groups excluding carboxylic acids is 1. The smallest absolute Gasteiger partial charge is 0.230 e. The zero-order chi connectivity index (χ0) is 13.9. The Balaban J connectivity index is 2.03. The van der Waals surface area contributed by atoms with Gasteiger partial charge < -0.3 is 11.1 Å². The molecule has 1 fully saturated rings. The molecule has 0 spiro atoms. The summed E-state index contributed by atoms with van der Waals surface area (Å²) in [5, 5.41) is 2.88. The largest absolute Gasteiger partial charge is 0.325 e. The lowest BCUT2D eigenvalue weighted by Crippen LogP contribution is -2.51. The standard InChI is InChI=1S/C14H21N3OS/c1-14(15)8-4-3-5-11(14)13(18)17-12-7-6-10(19-2)9-16-12/h6-7,9,11H,3-5,8,15H2,1-2H3,(H,16,17,18). The van der Waals surface area contributed by atoms with Crippen molar-refractivity contribution < 1.29 is 4.79 Å². The van der Waals surface area contributed by atoms with Gasteiger partial charge in [0.2, 0.25) is 5.91 Å². The first-order valence-electron chi connectivity index (χ1n) is 6.63. The van der Waals surface area contributed by atoms with Gasteiger partial charge >= 0.3 is 0 Å². The Morgan fingerprint density at radius 3 is 2.89 bits per heavy atom. The summed E-state index contributed by atoms with van der Waals surface area (Å²) in [5.74, 6) is 0.474. The lowest BCUT2D eigenvalue weighted by atomic mass is 9.74. The van der Waals surface area contributed by atoms with E-state index in [0.717, 1.165) is 30.6 Å². The van der Waals surface area contributed by atoms with E-state index in [1.165, 1.54) is 0 Å². The van der Waals surface area contributed by atoms with E-state index in [2.05, 4.69) is 10.3 Å². The molecule has 0 aliphatic heterocycles. The van der Waals surface area contributed by atoms with E-state index in [1.807, 2.05) is 25.3 Å². The highest BCUT2D eigenvalue weighted by molar-refractivity contribution is 7.98. The third-order valence-electron chi connectivity index (χ3n) is 3.79. The van der Waals surface area contributed by atoms with Gasteiger partial charge in [-0.1, -0.05) is 12.8 Å². The number of rotatable bonds is 3. The third-order valence-corrected chi connectivity index (χ3v) is 4.51. The molecule has 4 nitrogen and oxygen atoms in total. The molecular formula is C14H21N3OS. The van der Waals surface area contributed by atoms with Crippen molar-refractivity contribution in [3.05, 3.63) is 18.3 Å². The Hall–Kier alpha value is -1.07. The van der Waals surface area contributed by atoms with Crippen LogP contribution in [-0.2, 0) is 4.79 Å². The molecule has 1 aliphatic rings. The van der Waals surface area contributed by atoms with E-state index in [9.17, 15) is 4.79 Å². The van der Waals surface area contributed by atoms with Gasteiger partial charge in [-0.2, -0.15) is 0 Å². The van der Waals surface area contributed by atoms with Crippen LogP contribution in [-0.4, -0.2) is 22.7 Å². The summed E-state index contributed by atoms with van der Waals surface area (Å²) in [4.78, 5) is 17.6. The Morgan fingerprint density at radius 1 is 1.53 bits per heavy atom. The Bertz CT molecular complexity index is 445. The zero-order valence-electron chi connectivity index (χ0n) is 11.5. The molecule has 1 saturated carbocycles. The lowest BCUT2D eigenvalue weighted by Gasteiger charge is -2.37. The van der Waals surface area contributed by atoms with E-state index >= 15 is 0 Å². The SMILES string of the molecule is CSc1ccc(NC(=O)C2CCCCC2(C)N)nc1. The monoisotopic (exact) mass is 279 g/mol. The second kappa shape index (κ2) is 5.92. The highest BCUT2D eigenvalue weighted by Crippen LogP contribution is 2.32. The van der Waals surface area contributed by atoms with Gasteiger partial charge in [0.25, 0.3) is 0 Å². The molecule has 0 radical (unpaired) electrons. The van der Waals surface area contributed by atoms with Crippen molar-refractivity contribution in [3.63, 3.8) is 0 Å². The molecule has 1 amide bonds. The molecule has 1 aromatic rings. The Kier molecular flexibility index (Phi) is 4.47. The van der Waals surface area contributed by atoms with E-state index < -0.39 is 5.54 Å². The summed E-state index contributed by atoms with van der Waals surface area (Å²) >= 11 is 1.63. The van der Waals surface area contributed by atoms with Crippen molar-refractivity contribution in [1.29, 1.82) is 0 Å². The molecule has 5 heteroatoms. The number of pyridine rings is 1. The molecule has 0 bridgehead atoms. The molecule has 2 atom stereocenters. The van der Waals surface area contributed by atoms with Crippen LogP contribution in [0.1, 0.15) is 32.6 Å². The second-order valence-electron chi connectivity index (χ2n) is 5.38. The molecule has 2 rings (SSSR count). The number of aromatic nitrogens is 1. The van der Waals surface area contributed by atoms with Crippen molar-refractivity contribution in [3.8, 4) is 0 Å². The van der Waals surface area contributed by atoms with E-state index in [1.54, 1.807) is 18.0 Å². The number of hydrogen-bond acceptors (Lipinski definition) is 4. The minimum Gasteiger partial charge on any atom is -0.325 e. The summed E-state index contributed by atoms with van der Waals surface area (Å²) < 4.78 is 0. The fourth-order valence-electron chi connectivity index (χ4n) is 2.58. The zero-order valence-corrected chi connectivity index (χ0v) is 12.3. The maximum atomic E-state index is 12.3. The summed E-state index contributed by atoms with van der Waals surface area (Å²) in [6.45, 7) is 1.97. The Morgan fingerprint density at radius 2 is 2.32 bits per heavy atom. The van der Waals surface area contributed by atoms with E-state index in [-0.39, 0.29) is 11.8 Å². The van der Waals surface area contributed by atoms with Crippen molar-refractivity contribution in [2.75, 3.05) is 11.6 Å². The second-order valence-corrected chi connectivity index (χ2v) is 6.26. The van der Waals surface area contributed by atoms with Crippen molar-refractivity contribution >= 4 is 23.5 Å². The average molecular weight is 279 g/mol. The van der Waals surface area contributed by atoms with Crippen LogP contribution in [0.25, 0.3) is 0 Å². The number of nitrogens with zero attached hydrogens (tertiary/aromatic N) is 1. The van der Waals surface area contributed by atoms with Gasteiger partial charge in [0.15, 0.2) is 0 Å². The minimum atomic E-state index is -0.401. The number of nitrogens with two attached hydrogens (primary N) is 1. The molecule has 1 aliphatic carbocycles. The number of carbonyl (C=O) groups is 1. The molecule has 104 valence electrons. The van der Waals surface area contributed by atoms with Gasteiger partial charge in [-0.25, -0.2) is 4.98 Å². The normalized spacial score (nSPS) is 27.0. The summed E-state index contributed by atoms with van der Waals surface area (Å²) in [5.41, 5.74) is 5.84. The van der Waals surface area contributed by atoms with Gasteiger partial charge in [0.1, 0.15) is 5.82 Å². The quantitative estimate of drug-likeness (QED) is 0.835. The predicted octanol–water partition coefficient (Wildman–Crippen LogP) is 2.65. The fraction of sp³-hybridized carbons (Fsp3) is 0.571. The van der Waals surface area contributed by atoms with Crippen LogP contribution in [0.5, 0.6) is 0 Å². The number of thioether (sulfide) groups is 1. The maximum absolute atomic E-state index is 12.3. The first-order chi connectivity index (χ1) is 9.03. The van der Waals surface area contributed by atoms with Crippen LogP contribution in [0.4, 0.5) is 5.82 Å². The highest BCUT2D eigenvalue weighted by Gasteiger charge is 2.37. The highest BCUT2D eigenvalue weighted by atomic mass is 32.2. The summed E-state index contributed by atoms with van der Waals surface area (Å²) in [6, 6.07) is 3.79.